The van der Waals surface area contributed by atoms with E-state index in [1.54, 1.807) is 11.3 Å². The van der Waals surface area contributed by atoms with E-state index in [-0.39, 0.29) is 0 Å². The van der Waals surface area contributed by atoms with Gasteiger partial charge < -0.3 is 4.57 Å². The molecule has 0 bridgehead atoms. The van der Waals surface area contributed by atoms with Gasteiger partial charge in [-0.2, -0.15) is 0 Å². The molecule has 0 aromatic carbocycles. The van der Waals surface area contributed by atoms with Gasteiger partial charge >= 0.3 is 0 Å². The van der Waals surface area contributed by atoms with Crippen LogP contribution in [0.25, 0.3) is 0 Å². The van der Waals surface area contributed by atoms with Crippen LogP contribution in [0.2, 0.25) is 0 Å². The van der Waals surface area contributed by atoms with Crippen LogP contribution in [0.15, 0.2) is 41.5 Å². The molecule has 0 N–H and O–H groups in total. The molecule has 1 aliphatic rings. The number of piperidine rings is 1. The average molecular weight is 353 g/mol. The second-order valence-corrected chi connectivity index (χ2v) is 7.46. The minimum absolute atomic E-state index is 0.479. The topological polar surface area (TPSA) is 46.8 Å². The molecule has 0 saturated carbocycles. The molecular formula is C19H23N5S. The molecule has 0 spiro atoms. The van der Waals surface area contributed by atoms with Gasteiger partial charge in [-0.25, -0.2) is 9.97 Å². The zero-order valence-electron chi connectivity index (χ0n) is 14.5. The van der Waals surface area contributed by atoms with E-state index in [0.29, 0.717) is 5.92 Å². The monoisotopic (exact) mass is 353 g/mol. The third kappa shape index (κ3) is 3.96. The second-order valence-electron chi connectivity index (χ2n) is 6.74. The van der Waals surface area contributed by atoms with Crippen molar-refractivity contribution in [3.63, 3.8) is 0 Å². The molecule has 25 heavy (non-hydrogen) atoms. The zero-order chi connectivity index (χ0) is 17.1. The van der Waals surface area contributed by atoms with Crippen LogP contribution < -0.4 is 0 Å². The van der Waals surface area contributed by atoms with E-state index in [0.717, 1.165) is 43.3 Å². The van der Waals surface area contributed by atoms with Crippen LogP contribution in [0, 0.1) is 6.92 Å². The summed E-state index contributed by atoms with van der Waals surface area (Å²) in [5, 5.41) is 2.11. The number of aromatic nitrogens is 4. The first kappa shape index (κ1) is 16.4. The molecule has 5 nitrogen and oxygen atoms in total. The normalized spacial score (nSPS) is 18.5. The summed E-state index contributed by atoms with van der Waals surface area (Å²) in [6.07, 6.45) is 6.41. The van der Waals surface area contributed by atoms with Crippen molar-refractivity contribution in [2.24, 2.45) is 0 Å². The third-order valence-corrected chi connectivity index (χ3v) is 5.40. The predicted octanol–water partition coefficient (Wildman–Crippen LogP) is 3.47. The number of nitrogens with zero attached hydrogens (tertiary/aromatic N) is 5. The number of rotatable bonds is 5. The summed E-state index contributed by atoms with van der Waals surface area (Å²) in [4.78, 5) is 16.2. The number of hydrogen-bond donors (Lipinski definition) is 0. The molecule has 130 valence electrons. The highest BCUT2D eigenvalue weighted by atomic mass is 32.1. The summed E-state index contributed by atoms with van der Waals surface area (Å²) in [5.41, 5.74) is 5.25. The van der Waals surface area contributed by atoms with Crippen LogP contribution in [0.5, 0.6) is 0 Å². The number of likely N-dealkylation sites (tertiary alicyclic amines) is 1. The molecule has 4 rings (SSSR count). The summed E-state index contributed by atoms with van der Waals surface area (Å²) in [5.74, 6) is 1.67. The molecule has 4 heterocycles. The Morgan fingerprint density at radius 3 is 3.00 bits per heavy atom. The van der Waals surface area contributed by atoms with Gasteiger partial charge in [0.05, 0.1) is 23.4 Å². The summed E-state index contributed by atoms with van der Waals surface area (Å²) in [6, 6.07) is 6.28. The SMILES string of the molecule is Cc1cccc(CN2CCC[C@@H](c3nccn3Cc3cscn3)C2)n1. The lowest BCUT2D eigenvalue weighted by molar-refractivity contribution is 0.193. The maximum Gasteiger partial charge on any atom is 0.113 e. The standard InChI is InChI=1S/C19H23N5S/c1-15-4-2-6-17(22-15)11-23-8-3-5-16(10-23)19-20-7-9-24(19)12-18-13-25-14-21-18/h2,4,6-7,9,13-14,16H,3,5,8,10-12H2,1H3/t16-/m1/s1. The highest BCUT2D eigenvalue weighted by Crippen LogP contribution is 2.27. The smallest absolute Gasteiger partial charge is 0.113 e. The maximum atomic E-state index is 4.67. The van der Waals surface area contributed by atoms with Crippen LogP contribution >= 0.6 is 11.3 Å². The van der Waals surface area contributed by atoms with Crippen LogP contribution in [0.4, 0.5) is 0 Å². The van der Waals surface area contributed by atoms with E-state index in [1.807, 2.05) is 11.7 Å². The molecule has 1 atom stereocenters. The van der Waals surface area contributed by atoms with Gasteiger partial charge in [-0.05, 0) is 38.4 Å². The molecule has 0 aliphatic carbocycles. The number of hydrogen-bond acceptors (Lipinski definition) is 5. The number of imidazole rings is 1. The fraction of sp³-hybridized carbons (Fsp3) is 0.421. The Bertz CT molecular complexity index is 811. The molecule has 6 heteroatoms. The Hall–Kier alpha value is -2.05. The highest BCUT2D eigenvalue weighted by Gasteiger charge is 2.25. The van der Waals surface area contributed by atoms with Crippen molar-refractivity contribution in [1.29, 1.82) is 0 Å². The van der Waals surface area contributed by atoms with Crippen molar-refractivity contribution in [2.45, 2.75) is 38.8 Å². The van der Waals surface area contributed by atoms with Crippen molar-refractivity contribution >= 4 is 11.3 Å². The average Bonchev–Trinajstić information content (AvgIpc) is 3.27. The molecule has 1 aliphatic heterocycles. The fourth-order valence-corrected chi connectivity index (χ4v) is 4.18. The van der Waals surface area contributed by atoms with Gasteiger partial charge in [-0.15, -0.1) is 11.3 Å². The Kier molecular flexibility index (Phi) is 4.90. The minimum atomic E-state index is 0.479. The van der Waals surface area contributed by atoms with Crippen LogP contribution in [-0.2, 0) is 13.1 Å². The first-order chi connectivity index (χ1) is 12.3. The summed E-state index contributed by atoms with van der Waals surface area (Å²) in [6.45, 7) is 5.97. The summed E-state index contributed by atoms with van der Waals surface area (Å²) < 4.78 is 2.26. The van der Waals surface area contributed by atoms with Crippen molar-refractivity contribution in [3.05, 3.63) is 64.4 Å². The van der Waals surface area contributed by atoms with E-state index in [4.69, 9.17) is 0 Å². The third-order valence-electron chi connectivity index (χ3n) is 4.77. The van der Waals surface area contributed by atoms with Crippen molar-refractivity contribution in [2.75, 3.05) is 13.1 Å². The van der Waals surface area contributed by atoms with Gasteiger partial charge in [0.1, 0.15) is 5.82 Å². The van der Waals surface area contributed by atoms with E-state index >= 15 is 0 Å². The molecule has 0 amide bonds. The largest absolute Gasteiger partial charge is 0.329 e. The zero-order valence-corrected chi connectivity index (χ0v) is 15.3. The Morgan fingerprint density at radius 2 is 2.16 bits per heavy atom. The van der Waals surface area contributed by atoms with Crippen LogP contribution in [0.3, 0.4) is 0 Å². The van der Waals surface area contributed by atoms with E-state index in [9.17, 15) is 0 Å². The van der Waals surface area contributed by atoms with Crippen molar-refractivity contribution in [1.82, 2.24) is 24.4 Å². The van der Waals surface area contributed by atoms with E-state index < -0.39 is 0 Å². The number of thiazole rings is 1. The van der Waals surface area contributed by atoms with E-state index in [2.05, 4.69) is 61.1 Å². The molecule has 3 aromatic heterocycles. The van der Waals surface area contributed by atoms with Crippen molar-refractivity contribution < 1.29 is 0 Å². The molecule has 1 fully saturated rings. The fourth-order valence-electron chi connectivity index (χ4n) is 3.63. The Balaban J connectivity index is 1.45. The predicted molar refractivity (Wildman–Crippen MR) is 99.7 cm³/mol. The van der Waals surface area contributed by atoms with Gasteiger partial charge in [-0.3, -0.25) is 9.88 Å². The first-order valence-corrected chi connectivity index (χ1v) is 9.75. The van der Waals surface area contributed by atoms with Gasteiger partial charge in [0, 0.05) is 42.5 Å². The Labute approximate surface area is 152 Å². The Morgan fingerprint density at radius 1 is 1.20 bits per heavy atom. The minimum Gasteiger partial charge on any atom is -0.329 e. The number of aryl methyl sites for hydroxylation is 1. The van der Waals surface area contributed by atoms with Crippen LogP contribution in [-0.4, -0.2) is 37.5 Å². The molecule has 0 unspecified atom stereocenters. The van der Waals surface area contributed by atoms with Gasteiger partial charge in [0.15, 0.2) is 0 Å². The molecule has 1 saturated heterocycles. The lowest BCUT2D eigenvalue weighted by Gasteiger charge is -2.32. The van der Waals surface area contributed by atoms with Gasteiger partial charge in [0.2, 0.25) is 0 Å². The van der Waals surface area contributed by atoms with Gasteiger partial charge in [0.25, 0.3) is 0 Å². The quantitative estimate of drug-likeness (QED) is 0.705. The van der Waals surface area contributed by atoms with E-state index in [1.165, 1.54) is 18.7 Å². The maximum absolute atomic E-state index is 4.67. The summed E-state index contributed by atoms with van der Waals surface area (Å²) in [7, 11) is 0. The number of pyridine rings is 1. The van der Waals surface area contributed by atoms with Crippen molar-refractivity contribution in [3.8, 4) is 0 Å². The highest BCUT2D eigenvalue weighted by molar-refractivity contribution is 7.07. The summed E-state index contributed by atoms with van der Waals surface area (Å²) >= 11 is 1.65. The lowest BCUT2D eigenvalue weighted by atomic mass is 9.97. The molecule has 3 aromatic rings. The van der Waals surface area contributed by atoms with Gasteiger partial charge in [-0.1, -0.05) is 6.07 Å². The first-order valence-electron chi connectivity index (χ1n) is 8.81. The molecule has 0 radical (unpaired) electrons. The second kappa shape index (κ2) is 7.45. The van der Waals surface area contributed by atoms with Crippen LogP contribution in [0.1, 0.15) is 41.7 Å². The molecular weight excluding hydrogens is 330 g/mol. The lowest BCUT2D eigenvalue weighted by Crippen LogP contribution is -2.35.